The molecule has 0 aliphatic carbocycles. The van der Waals surface area contributed by atoms with Crippen molar-refractivity contribution in [3.05, 3.63) is 35.4 Å². The third-order valence-corrected chi connectivity index (χ3v) is 2.58. The van der Waals surface area contributed by atoms with Crippen molar-refractivity contribution in [2.24, 2.45) is 0 Å². The number of hydrogen-bond donors (Lipinski definition) is 1. The van der Waals surface area contributed by atoms with Crippen molar-refractivity contribution >= 4 is 6.29 Å². The summed E-state index contributed by atoms with van der Waals surface area (Å²) >= 11 is 0. The summed E-state index contributed by atoms with van der Waals surface area (Å²) in [5, 5.41) is 3.32. The lowest BCUT2D eigenvalue weighted by Crippen LogP contribution is -2.08. The highest BCUT2D eigenvalue weighted by Crippen LogP contribution is 2.22. The van der Waals surface area contributed by atoms with Crippen LogP contribution in [-0.4, -0.2) is 19.4 Å². The molecule has 68 valence electrons. The van der Waals surface area contributed by atoms with E-state index in [9.17, 15) is 4.79 Å². The first-order valence-electron chi connectivity index (χ1n) is 4.66. The quantitative estimate of drug-likeness (QED) is 0.691. The third kappa shape index (κ3) is 1.78. The van der Waals surface area contributed by atoms with Gasteiger partial charge < -0.3 is 5.32 Å². The summed E-state index contributed by atoms with van der Waals surface area (Å²) in [6, 6.07) is 7.89. The zero-order chi connectivity index (χ0) is 9.10. The van der Waals surface area contributed by atoms with Crippen molar-refractivity contribution in [3.63, 3.8) is 0 Å². The largest absolute Gasteiger partial charge is 0.316 e. The molecule has 1 heterocycles. The van der Waals surface area contributed by atoms with Gasteiger partial charge >= 0.3 is 0 Å². The molecule has 1 aliphatic rings. The number of aldehydes is 1. The van der Waals surface area contributed by atoms with Gasteiger partial charge in [-0.15, -0.1) is 0 Å². The first-order valence-corrected chi connectivity index (χ1v) is 4.66. The Labute approximate surface area is 78.0 Å². The summed E-state index contributed by atoms with van der Waals surface area (Å²) in [6.07, 6.45) is 2.09. The summed E-state index contributed by atoms with van der Waals surface area (Å²) in [7, 11) is 0. The highest BCUT2D eigenvalue weighted by atomic mass is 16.1. The summed E-state index contributed by atoms with van der Waals surface area (Å²) in [5.41, 5.74) is 2.07. The first-order chi connectivity index (χ1) is 6.40. The number of rotatable bonds is 2. The Morgan fingerprint density at radius 2 is 2.38 bits per heavy atom. The minimum absolute atomic E-state index is 0.597. The van der Waals surface area contributed by atoms with Crippen LogP contribution in [0.1, 0.15) is 28.3 Å². The van der Waals surface area contributed by atoms with E-state index in [1.54, 1.807) is 0 Å². The Morgan fingerprint density at radius 1 is 1.46 bits per heavy atom. The molecule has 2 heteroatoms. The Morgan fingerprint density at radius 3 is 3.08 bits per heavy atom. The summed E-state index contributed by atoms with van der Waals surface area (Å²) in [4.78, 5) is 10.6. The normalized spacial score (nSPS) is 21.7. The standard InChI is InChI=1S/C11H13NO/c13-8-9-2-1-3-10(6-9)11-4-5-12-7-11/h1-3,6,8,11-12H,4-5,7H2. The minimum Gasteiger partial charge on any atom is -0.316 e. The number of benzene rings is 1. The fourth-order valence-electron chi connectivity index (χ4n) is 1.83. The van der Waals surface area contributed by atoms with Crippen LogP contribution < -0.4 is 5.32 Å². The van der Waals surface area contributed by atoms with Crippen LogP contribution in [0.4, 0.5) is 0 Å². The molecule has 0 radical (unpaired) electrons. The van der Waals surface area contributed by atoms with Crippen LogP contribution >= 0.6 is 0 Å². The number of carbonyl (C=O) groups excluding carboxylic acids is 1. The van der Waals surface area contributed by atoms with Gasteiger partial charge in [0.2, 0.25) is 0 Å². The number of nitrogens with one attached hydrogen (secondary N) is 1. The molecule has 1 aromatic carbocycles. The molecule has 0 amide bonds. The molecule has 2 nitrogen and oxygen atoms in total. The second-order valence-corrected chi connectivity index (χ2v) is 3.48. The van der Waals surface area contributed by atoms with E-state index in [-0.39, 0.29) is 0 Å². The average molecular weight is 175 g/mol. The smallest absolute Gasteiger partial charge is 0.150 e. The molecular weight excluding hydrogens is 162 g/mol. The monoisotopic (exact) mass is 175 g/mol. The molecule has 1 fully saturated rings. The van der Waals surface area contributed by atoms with E-state index in [2.05, 4.69) is 11.4 Å². The maximum atomic E-state index is 10.6. The van der Waals surface area contributed by atoms with E-state index < -0.39 is 0 Å². The Balaban J connectivity index is 2.23. The SMILES string of the molecule is O=Cc1cccc(C2CCNC2)c1. The van der Waals surface area contributed by atoms with Gasteiger partial charge in [-0.05, 0) is 30.5 Å². The lowest BCUT2D eigenvalue weighted by molar-refractivity contribution is 0.112. The molecule has 1 N–H and O–H groups in total. The Hall–Kier alpha value is -1.15. The van der Waals surface area contributed by atoms with Gasteiger partial charge in [0.15, 0.2) is 0 Å². The van der Waals surface area contributed by atoms with Crippen molar-refractivity contribution < 1.29 is 4.79 Å². The highest BCUT2D eigenvalue weighted by molar-refractivity contribution is 5.75. The topological polar surface area (TPSA) is 29.1 Å². The maximum absolute atomic E-state index is 10.6. The summed E-state index contributed by atoms with van der Waals surface area (Å²) in [6.45, 7) is 2.14. The fourth-order valence-corrected chi connectivity index (χ4v) is 1.83. The molecule has 0 saturated carbocycles. The third-order valence-electron chi connectivity index (χ3n) is 2.58. The predicted molar refractivity (Wildman–Crippen MR) is 52.1 cm³/mol. The number of hydrogen-bond acceptors (Lipinski definition) is 2. The van der Waals surface area contributed by atoms with E-state index in [1.165, 1.54) is 12.0 Å². The molecule has 2 rings (SSSR count). The average Bonchev–Trinajstić information content (AvgIpc) is 2.71. The molecule has 1 aromatic rings. The molecule has 1 atom stereocenters. The lowest BCUT2D eigenvalue weighted by atomic mass is 9.97. The minimum atomic E-state index is 0.597. The van der Waals surface area contributed by atoms with Crippen molar-refractivity contribution in [1.82, 2.24) is 5.32 Å². The van der Waals surface area contributed by atoms with Crippen molar-refractivity contribution in [3.8, 4) is 0 Å². The first kappa shape index (κ1) is 8.45. The van der Waals surface area contributed by atoms with Gasteiger partial charge in [0.1, 0.15) is 6.29 Å². The van der Waals surface area contributed by atoms with E-state index >= 15 is 0 Å². The van der Waals surface area contributed by atoms with Gasteiger partial charge in [0, 0.05) is 12.1 Å². The van der Waals surface area contributed by atoms with Crippen molar-refractivity contribution in [1.29, 1.82) is 0 Å². The molecule has 1 saturated heterocycles. The van der Waals surface area contributed by atoms with Crippen LogP contribution in [0.25, 0.3) is 0 Å². The molecule has 1 unspecified atom stereocenters. The van der Waals surface area contributed by atoms with Gasteiger partial charge in [0.25, 0.3) is 0 Å². The van der Waals surface area contributed by atoms with Crippen LogP contribution in [0, 0.1) is 0 Å². The van der Waals surface area contributed by atoms with Crippen LogP contribution in [0.15, 0.2) is 24.3 Å². The molecule has 1 aliphatic heterocycles. The van der Waals surface area contributed by atoms with E-state index in [4.69, 9.17) is 0 Å². The van der Waals surface area contributed by atoms with Gasteiger partial charge in [-0.2, -0.15) is 0 Å². The molecule has 0 bridgehead atoms. The maximum Gasteiger partial charge on any atom is 0.150 e. The van der Waals surface area contributed by atoms with Gasteiger partial charge in [-0.25, -0.2) is 0 Å². The summed E-state index contributed by atoms with van der Waals surface area (Å²) < 4.78 is 0. The Kier molecular flexibility index (Phi) is 2.41. The van der Waals surface area contributed by atoms with Gasteiger partial charge in [-0.3, -0.25) is 4.79 Å². The zero-order valence-corrected chi connectivity index (χ0v) is 7.49. The van der Waals surface area contributed by atoms with Crippen molar-refractivity contribution in [2.45, 2.75) is 12.3 Å². The van der Waals surface area contributed by atoms with Crippen LogP contribution in [0.5, 0.6) is 0 Å². The van der Waals surface area contributed by atoms with Gasteiger partial charge in [-0.1, -0.05) is 18.2 Å². The predicted octanol–water partition coefficient (Wildman–Crippen LogP) is 1.58. The van der Waals surface area contributed by atoms with Crippen LogP contribution in [0.2, 0.25) is 0 Å². The fraction of sp³-hybridized carbons (Fsp3) is 0.364. The highest BCUT2D eigenvalue weighted by Gasteiger charge is 2.16. The molecule has 0 spiro atoms. The van der Waals surface area contributed by atoms with E-state index in [0.29, 0.717) is 5.92 Å². The second-order valence-electron chi connectivity index (χ2n) is 3.48. The zero-order valence-electron chi connectivity index (χ0n) is 7.49. The van der Waals surface area contributed by atoms with Crippen molar-refractivity contribution in [2.75, 3.05) is 13.1 Å². The summed E-state index contributed by atoms with van der Waals surface area (Å²) in [5.74, 6) is 0.597. The lowest BCUT2D eigenvalue weighted by Gasteiger charge is -2.08. The van der Waals surface area contributed by atoms with Crippen LogP contribution in [0.3, 0.4) is 0 Å². The van der Waals surface area contributed by atoms with E-state index in [0.717, 1.165) is 24.9 Å². The molecule has 0 aromatic heterocycles. The number of carbonyl (C=O) groups is 1. The molecular formula is C11H13NO. The molecule has 13 heavy (non-hydrogen) atoms. The second kappa shape index (κ2) is 3.71. The van der Waals surface area contributed by atoms with Crippen LogP contribution in [-0.2, 0) is 0 Å². The Bertz CT molecular complexity index is 303. The van der Waals surface area contributed by atoms with E-state index in [1.807, 2.05) is 18.2 Å². The van der Waals surface area contributed by atoms with Gasteiger partial charge in [0.05, 0.1) is 0 Å².